The SMILES string of the molecule is CC.Cc1cc(-c2ccnc(Nc3cnn(C)c3)n2)ccc1CN. The Kier molecular flexibility index (Phi) is 6.03. The summed E-state index contributed by atoms with van der Waals surface area (Å²) in [6.07, 6.45) is 5.35. The number of aromatic nitrogens is 4. The van der Waals surface area contributed by atoms with Gasteiger partial charge in [0.2, 0.25) is 5.95 Å². The van der Waals surface area contributed by atoms with Gasteiger partial charge in [0.15, 0.2) is 0 Å². The standard InChI is InChI=1S/C16H18N6.C2H6/c1-11-7-12(3-4-13(11)8-17)15-5-6-18-16(21-15)20-14-9-19-22(2)10-14;1-2/h3-7,9-10H,8,17H2,1-2H3,(H,18,20,21);1-2H3. The second kappa shape index (κ2) is 8.21. The zero-order valence-electron chi connectivity index (χ0n) is 14.6. The predicted octanol–water partition coefficient (Wildman–Crippen LogP) is 3.41. The summed E-state index contributed by atoms with van der Waals surface area (Å²) in [5, 5.41) is 7.26. The highest BCUT2D eigenvalue weighted by Crippen LogP contribution is 2.22. The van der Waals surface area contributed by atoms with E-state index in [-0.39, 0.29) is 0 Å². The van der Waals surface area contributed by atoms with Crippen molar-refractivity contribution < 1.29 is 0 Å². The predicted molar refractivity (Wildman–Crippen MR) is 97.9 cm³/mol. The van der Waals surface area contributed by atoms with Gasteiger partial charge in [0, 0.05) is 31.5 Å². The van der Waals surface area contributed by atoms with Crippen molar-refractivity contribution in [2.24, 2.45) is 12.8 Å². The molecule has 0 fully saturated rings. The van der Waals surface area contributed by atoms with E-state index >= 15 is 0 Å². The first-order chi connectivity index (χ1) is 11.7. The fraction of sp³-hybridized carbons (Fsp3) is 0.278. The third-order valence-corrected chi connectivity index (χ3v) is 3.47. The molecule has 3 N–H and O–H groups in total. The van der Waals surface area contributed by atoms with Gasteiger partial charge >= 0.3 is 0 Å². The Morgan fingerprint density at radius 3 is 2.62 bits per heavy atom. The van der Waals surface area contributed by atoms with E-state index in [9.17, 15) is 0 Å². The van der Waals surface area contributed by atoms with Crippen molar-refractivity contribution in [3.8, 4) is 11.3 Å². The van der Waals surface area contributed by atoms with Crippen LogP contribution in [0.4, 0.5) is 11.6 Å². The van der Waals surface area contributed by atoms with Crippen LogP contribution in [0.3, 0.4) is 0 Å². The Labute approximate surface area is 142 Å². The molecule has 0 atom stereocenters. The van der Waals surface area contributed by atoms with Crippen LogP contribution in [0, 0.1) is 6.92 Å². The fourth-order valence-electron chi connectivity index (χ4n) is 2.28. The molecular weight excluding hydrogens is 300 g/mol. The molecular formula is C18H24N6. The van der Waals surface area contributed by atoms with Gasteiger partial charge in [-0.05, 0) is 30.2 Å². The lowest BCUT2D eigenvalue weighted by atomic mass is 10.0. The normalized spacial score (nSPS) is 10.0. The molecule has 0 aliphatic carbocycles. The molecule has 0 unspecified atom stereocenters. The minimum absolute atomic E-state index is 0.545. The van der Waals surface area contributed by atoms with Gasteiger partial charge < -0.3 is 11.1 Å². The molecule has 0 aliphatic rings. The lowest BCUT2D eigenvalue weighted by Gasteiger charge is -2.08. The van der Waals surface area contributed by atoms with Crippen molar-refractivity contribution in [1.29, 1.82) is 0 Å². The van der Waals surface area contributed by atoms with Crippen molar-refractivity contribution in [1.82, 2.24) is 19.7 Å². The first kappa shape index (κ1) is 17.6. The van der Waals surface area contributed by atoms with Crippen LogP contribution in [0.15, 0.2) is 42.9 Å². The van der Waals surface area contributed by atoms with E-state index < -0.39 is 0 Å². The van der Waals surface area contributed by atoms with E-state index in [0.29, 0.717) is 12.5 Å². The summed E-state index contributed by atoms with van der Waals surface area (Å²) in [5.41, 5.74) is 10.8. The second-order valence-corrected chi connectivity index (χ2v) is 5.14. The second-order valence-electron chi connectivity index (χ2n) is 5.14. The molecule has 2 heterocycles. The topological polar surface area (TPSA) is 81.7 Å². The van der Waals surface area contributed by atoms with Gasteiger partial charge in [-0.1, -0.05) is 26.0 Å². The van der Waals surface area contributed by atoms with E-state index in [1.165, 1.54) is 5.56 Å². The lowest BCUT2D eigenvalue weighted by Crippen LogP contribution is -2.00. The quantitative estimate of drug-likeness (QED) is 0.768. The summed E-state index contributed by atoms with van der Waals surface area (Å²) < 4.78 is 1.72. The smallest absolute Gasteiger partial charge is 0.227 e. The van der Waals surface area contributed by atoms with Crippen LogP contribution in [0.2, 0.25) is 0 Å². The van der Waals surface area contributed by atoms with E-state index in [1.807, 2.05) is 45.3 Å². The molecule has 3 rings (SSSR count). The van der Waals surface area contributed by atoms with Crippen molar-refractivity contribution in [2.75, 3.05) is 5.32 Å². The molecule has 3 aromatic rings. The number of nitrogens with one attached hydrogen (secondary N) is 1. The largest absolute Gasteiger partial charge is 0.326 e. The van der Waals surface area contributed by atoms with Crippen LogP contribution in [0.5, 0.6) is 0 Å². The molecule has 6 nitrogen and oxygen atoms in total. The lowest BCUT2D eigenvalue weighted by molar-refractivity contribution is 0.768. The van der Waals surface area contributed by atoms with Crippen LogP contribution in [-0.4, -0.2) is 19.7 Å². The molecule has 0 radical (unpaired) electrons. The fourth-order valence-corrected chi connectivity index (χ4v) is 2.28. The maximum atomic E-state index is 5.71. The molecule has 6 heteroatoms. The molecule has 24 heavy (non-hydrogen) atoms. The van der Waals surface area contributed by atoms with E-state index in [0.717, 1.165) is 22.5 Å². The van der Waals surface area contributed by atoms with E-state index in [4.69, 9.17) is 5.73 Å². The van der Waals surface area contributed by atoms with E-state index in [2.05, 4.69) is 33.4 Å². The summed E-state index contributed by atoms with van der Waals surface area (Å²) in [7, 11) is 1.87. The molecule has 0 aliphatic heterocycles. The zero-order valence-corrected chi connectivity index (χ0v) is 14.6. The average Bonchev–Trinajstić information content (AvgIpc) is 3.01. The Morgan fingerprint density at radius 2 is 2.00 bits per heavy atom. The van der Waals surface area contributed by atoms with Gasteiger partial charge in [-0.2, -0.15) is 5.10 Å². The molecule has 1 aromatic carbocycles. The highest BCUT2D eigenvalue weighted by atomic mass is 15.3. The summed E-state index contributed by atoms with van der Waals surface area (Å²) in [5.74, 6) is 0.547. The summed E-state index contributed by atoms with van der Waals surface area (Å²) >= 11 is 0. The molecule has 126 valence electrons. The number of benzene rings is 1. The summed E-state index contributed by atoms with van der Waals surface area (Å²) in [6.45, 7) is 6.60. The van der Waals surface area contributed by atoms with E-state index in [1.54, 1.807) is 17.1 Å². The minimum atomic E-state index is 0.545. The van der Waals surface area contributed by atoms with Crippen molar-refractivity contribution in [2.45, 2.75) is 27.3 Å². The maximum Gasteiger partial charge on any atom is 0.227 e. The first-order valence-corrected chi connectivity index (χ1v) is 8.04. The van der Waals surface area contributed by atoms with Crippen molar-refractivity contribution >= 4 is 11.6 Å². The van der Waals surface area contributed by atoms with Crippen LogP contribution in [-0.2, 0) is 13.6 Å². The highest BCUT2D eigenvalue weighted by Gasteiger charge is 2.05. The third kappa shape index (κ3) is 4.17. The maximum absolute atomic E-state index is 5.71. The molecule has 0 bridgehead atoms. The zero-order chi connectivity index (χ0) is 17.5. The monoisotopic (exact) mass is 324 g/mol. The minimum Gasteiger partial charge on any atom is -0.326 e. The Bertz CT molecular complexity index is 794. The van der Waals surface area contributed by atoms with Crippen LogP contribution in [0.25, 0.3) is 11.3 Å². The number of anilines is 2. The Balaban J connectivity index is 0.00000100. The number of hydrogen-bond donors (Lipinski definition) is 2. The van der Waals surface area contributed by atoms with Crippen LogP contribution >= 0.6 is 0 Å². The van der Waals surface area contributed by atoms with Crippen LogP contribution < -0.4 is 11.1 Å². The summed E-state index contributed by atoms with van der Waals surface area (Å²) in [4.78, 5) is 8.80. The van der Waals surface area contributed by atoms with Gasteiger partial charge in [-0.15, -0.1) is 0 Å². The van der Waals surface area contributed by atoms with Gasteiger partial charge in [0.05, 0.1) is 17.6 Å². The number of rotatable bonds is 4. The Hall–Kier alpha value is -2.73. The average molecular weight is 324 g/mol. The molecule has 0 saturated carbocycles. The molecule has 0 amide bonds. The first-order valence-electron chi connectivity index (χ1n) is 8.04. The number of hydrogen-bond acceptors (Lipinski definition) is 5. The molecule has 2 aromatic heterocycles. The Morgan fingerprint density at radius 1 is 1.21 bits per heavy atom. The van der Waals surface area contributed by atoms with Gasteiger partial charge in [0.25, 0.3) is 0 Å². The van der Waals surface area contributed by atoms with Gasteiger partial charge in [-0.25, -0.2) is 9.97 Å². The van der Waals surface area contributed by atoms with Gasteiger partial charge in [-0.3, -0.25) is 4.68 Å². The van der Waals surface area contributed by atoms with Gasteiger partial charge in [0.1, 0.15) is 0 Å². The highest BCUT2D eigenvalue weighted by molar-refractivity contribution is 5.63. The number of aryl methyl sites for hydroxylation is 2. The van der Waals surface area contributed by atoms with Crippen LogP contribution in [0.1, 0.15) is 25.0 Å². The number of nitrogens with two attached hydrogens (primary N) is 1. The summed E-state index contributed by atoms with van der Waals surface area (Å²) in [6, 6.07) is 8.07. The molecule has 0 spiro atoms. The molecule has 0 saturated heterocycles. The third-order valence-electron chi connectivity index (χ3n) is 3.47. The van der Waals surface area contributed by atoms with Crippen molar-refractivity contribution in [3.63, 3.8) is 0 Å². The van der Waals surface area contributed by atoms with Crippen molar-refractivity contribution in [3.05, 3.63) is 54.0 Å². The number of nitrogens with zero attached hydrogens (tertiary/aromatic N) is 4.